The van der Waals surface area contributed by atoms with Crippen LogP contribution in [-0.4, -0.2) is 44.7 Å². The Bertz CT molecular complexity index is 444. The Kier molecular flexibility index (Phi) is 5.01. The molecule has 0 spiro atoms. The first kappa shape index (κ1) is 14.9. The minimum atomic E-state index is -0.0792. The number of carbonyl (C=O) groups is 1. The van der Waals surface area contributed by atoms with Crippen LogP contribution in [0.25, 0.3) is 0 Å². The van der Waals surface area contributed by atoms with E-state index in [1.165, 1.54) is 12.7 Å². The number of hydrogen-bond acceptors (Lipinski definition) is 4. The summed E-state index contributed by atoms with van der Waals surface area (Å²) in [5.41, 5.74) is 1.29. The number of ether oxygens (including phenoxy) is 2. The van der Waals surface area contributed by atoms with Gasteiger partial charge in [0, 0.05) is 19.6 Å². The zero-order chi connectivity index (χ0) is 14.5. The summed E-state index contributed by atoms with van der Waals surface area (Å²) in [5.74, 6) is 1.20. The summed E-state index contributed by atoms with van der Waals surface area (Å²) in [4.78, 5) is 14.0. The molecule has 2 rings (SSSR count). The van der Waals surface area contributed by atoms with E-state index in [0.717, 1.165) is 31.8 Å². The molecule has 0 saturated carbocycles. The predicted molar refractivity (Wildman–Crippen MR) is 77.8 cm³/mol. The fourth-order valence-corrected chi connectivity index (χ4v) is 2.79. The van der Waals surface area contributed by atoms with E-state index >= 15 is 0 Å². The molecule has 1 aromatic carbocycles. The fraction of sp³-hybridized carbons (Fsp3) is 0.562. The minimum absolute atomic E-state index is 0.0240. The molecule has 4 heteroatoms. The molecule has 1 fully saturated rings. The highest BCUT2D eigenvalue weighted by molar-refractivity contribution is 5.73. The number of nitrogens with zero attached hydrogens (tertiary/aromatic N) is 1. The van der Waals surface area contributed by atoms with Crippen LogP contribution in [0.1, 0.15) is 12.5 Å². The lowest BCUT2D eigenvalue weighted by molar-refractivity contribution is -0.146. The summed E-state index contributed by atoms with van der Waals surface area (Å²) in [6.07, 6.45) is 0.991. The second-order valence-electron chi connectivity index (χ2n) is 5.46. The van der Waals surface area contributed by atoms with Gasteiger partial charge in [-0.2, -0.15) is 0 Å². The van der Waals surface area contributed by atoms with E-state index in [0.29, 0.717) is 5.92 Å². The normalized spacial score (nSPS) is 22.8. The van der Waals surface area contributed by atoms with Crippen molar-refractivity contribution in [2.24, 2.45) is 11.8 Å². The highest BCUT2D eigenvalue weighted by atomic mass is 16.5. The molecule has 1 heterocycles. The van der Waals surface area contributed by atoms with Gasteiger partial charge in [0.25, 0.3) is 0 Å². The Morgan fingerprint density at radius 3 is 2.55 bits per heavy atom. The van der Waals surface area contributed by atoms with E-state index in [-0.39, 0.29) is 11.9 Å². The van der Waals surface area contributed by atoms with Crippen LogP contribution in [-0.2, 0) is 16.0 Å². The minimum Gasteiger partial charge on any atom is -0.497 e. The molecule has 4 nitrogen and oxygen atoms in total. The number of likely N-dealkylation sites (tertiary alicyclic amines) is 1. The van der Waals surface area contributed by atoms with Crippen molar-refractivity contribution in [2.45, 2.75) is 13.3 Å². The number of benzene rings is 1. The molecule has 1 aromatic rings. The lowest BCUT2D eigenvalue weighted by Gasteiger charge is -2.15. The average Bonchev–Trinajstić information content (AvgIpc) is 2.86. The van der Waals surface area contributed by atoms with Gasteiger partial charge in [0.15, 0.2) is 0 Å². The molecule has 20 heavy (non-hydrogen) atoms. The van der Waals surface area contributed by atoms with Crippen LogP contribution in [0.15, 0.2) is 24.3 Å². The quantitative estimate of drug-likeness (QED) is 0.771. The van der Waals surface area contributed by atoms with Gasteiger partial charge in [0.05, 0.1) is 20.1 Å². The smallest absolute Gasteiger partial charge is 0.310 e. The van der Waals surface area contributed by atoms with Gasteiger partial charge in [-0.1, -0.05) is 19.1 Å². The molecular weight excluding hydrogens is 254 g/mol. The monoisotopic (exact) mass is 277 g/mol. The van der Waals surface area contributed by atoms with Crippen LogP contribution in [0.5, 0.6) is 5.75 Å². The second-order valence-corrected chi connectivity index (χ2v) is 5.46. The number of rotatable bonds is 5. The van der Waals surface area contributed by atoms with Crippen LogP contribution in [0, 0.1) is 11.8 Å². The van der Waals surface area contributed by atoms with E-state index in [9.17, 15) is 4.79 Å². The van der Waals surface area contributed by atoms with Crippen molar-refractivity contribution in [3.8, 4) is 5.75 Å². The van der Waals surface area contributed by atoms with E-state index in [1.54, 1.807) is 7.11 Å². The van der Waals surface area contributed by atoms with Gasteiger partial charge in [-0.3, -0.25) is 4.79 Å². The first-order chi connectivity index (χ1) is 9.63. The summed E-state index contributed by atoms with van der Waals surface area (Å²) in [5, 5.41) is 0. The molecule has 0 amide bonds. The van der Waals surface area contributed by atoms with E-state index in [2.05, 4.69) is 24.0 Å². The molecule has 1 saturated heterocycles. The van der Waals surface area contributed by atoms with Crippen molar-refractivity contribution in [2.75, 3.05) is 33.9 Å². The summed E-state index contributed by atoms with van der Waals surface area (Å²) < 4.78 is 10.0. The number of methoxy groups -OCH3 is 2. The lowest BCUT2D eigenvalue weighted by Crippen LogP contribution is -2.26. The van der Waals surface area contributed by atoms with E-state index < -0.39 is 0 Å². The SMILES string of the molecule is COC(=O)C1CN(CCc2ccc(OC)cc2)CC1C. The summed E-state index contributed by atoms with van der Waals surface area (Å²) >= 11 is 0. The molecule has 0 N–H and O–H groups in total. The molecule has 1 aliphatic heterocycles. The van der Waals surface area contributed by atoms with Gasteiger partial charge < -0.3 is 14.4 Å². The Hall–Kier alpha value is -1.55. The zero-order valence-electron chi connectivity index (χ0n) is 12.5. The first-order valence-corrected chi connectivity index (χ1v) is 7.07. The maximum absolute atomic E-state index is 11.7. The predicted octanol–water partition coefficient (Wildman–Crippen LogP) is 1.98. The molecule has 110 valence electrons. The summed E-state index contributed by atoms with van der Waals surface area (Å²) in [6, 6.07) is 8.16. The topological polar surface area (TPSA) is 38.8 Å². The van der Waals surface area contributed by atoms with Crippen molar-refractivity contribution in [1.82, 2.24) is 4.90 Å². The van der Waals surface area contributed by atoms with Crippen LogP contribution >= 0.6 is 0 Å². The molecule has 0 aliphatic carbocycles. The van der Waals surface area contributed by atoms with Gasteiger partial charge >= 0.3 is 5.97 Å². The van der Waals surface area contributed by atoms with E-state index in [1.807, 2.05) is 12.1 Å². The maximum Gasteiger partial charge on any atom is 0.310 e. The Balaban J connectivity index is 1.84. The van der Waals surface area contributed by atoms with E-state index in [4.69, 9.17) is 9.47 Å². The highest BCUT2D eigenvalue weighted by Gasteiger charge is 2.35. The van der Waals surface area contributed by atoms with Crippen LogP contribution in [0.2, 0.25) is 0 Å². The molecule has 0 bridgehead atoms. The zero-order valence-corrected chi connectivity index (χ0v) is 12.5. The fourth-order valence-electron chi connectivity index (χ4n) is 2.79. The lowest BCUT2D eigenvalue weighted by atomic mass is 9.99. The van der Waals surface area contributed by atoms with Gasteiger partial charge in [0.1, 0.15) is 5.75 Å². The molecule has 1 aliphatic rings. The molecule has 2 atom stereocenters. The first-order valence-electron chi connectivity index (χ1n) is 7.07. The second kappa shape index (κ2) is 6.75. The third-order valence-electron chi connectivity index (χ3n) is 4.07. The number of hydrogen-bond donors (Lipinski definition) is 0. The average molecular weight is 277 g/mol. The third kappa shape index (κ3) is 3.51. The standard InChI is InChI=1S/C16H23NO3/c1-12-10-17(11-15(12)16(18)20-3)9-8-13-4-6-14(19-2)7-5-13/h4-7,12,15H,8-11H2,1-3H3. The number of carbonyl (C=O) groups excluding carboxylic acids is 1. The third-order valence-corrected chi connectivity index (χ3v) is 4.07. The maximum atomic E-state index is 11.7. The Morgan fingerprint density at radius 2 is 1.95 bits per heavy atom. The molecule has 2 unspecified atom stereocenters. The van der Waals surface area contributed by atoms with Gasteiger partial charge in [0.2, 0.25) is 0 Å². The van der Waals surface area contributed by atoms with Crippen LogP contribution in [0.3, 0.4) is 0 Å². The van der Waals surface area contributed by atoms with Crippen molar-refractivity contribution in [1.29, 1.82) is 0 Å². The van der Waals surface area contributed by atoms with Crippen molar-refractivity contribution in [3.05, 3.63) is 29.8 Å². The van der Waals surface area contributed by atoms with Gasteiger partial charge in [-0.15, -0.1) is 0 Å². The van der Waals surface area contributed by atoms with Gasteiger partial charge in [-0.25, -0.2) is 0 Å². The summed E-state index contributed by atoms with van der Waals surface area (Å²) in [7, 11) is 3.14. The molecule has 0 radical (unpaired) electrons. The van der Waals surface area contributed by atoms with Crippen LogP contribution in [0.4, 0.5) is 0 Å². The van der Waals surface area contributed by atoms with Crippen molar-refractivity contribution in [3.63, 3.8) is 0 Å². The largest absolute Gasteiger partial charge is 0.497 e. The van der Waals surface area contributed by atoms with Crippen molar-refractivity contribution < 1.29 is 14.3 Å². The Labute approximate surface area is 120 Å². The Morgan fingerprint density at radius 1 is 1.25 bits per heavy atom. The van der Waals surface area contributed by atoms with Crippen molar-refractivity contribution >= 4 is 5.97 Å². The number of esters is 1. The van der Waals surface area contributed by atoms with Crippen LogP contribution < -0.4 is 4.74 Å². The molecule has 0 aromatic heterocycles. The molecular formula is C16H23NO3. The van der Waals surface area contributed by atoms with Gasteiger partial charge in [-0.05, 0) is 30.0 Å². The highest BCUT2D eigenvalue weighted by Crippen LogP contribution is 2.24. The summed E-state index contributed by atoms with van der Waals surface area (Å²) in [6.45, 7) is 4.87.